The van der Waals surface area contributed by atoms with Crippen LogP contribution in [-0.2, 0) is 4.74 Å². The van der Waals surface area contributed by atoms with E-state index in [4.69, 9.17) is 16.3 Å². The number of hydrogen-bond donors (Lipinski definition) is 1. The summed E-state index contributed by atoms with van der Waals surface area (Å²) in [6, 6.07) is 17.3. The van der Waals surface area contributed by atoms with Gasteiger partial charge in [-0.1, -0.05) is 11.6 Å². The number of nitriles is 1. The number of anilines is 2. The van der Waals surface area contributed by atoms with Crippen molar-refractivity contribution in [1.82, 2.24) is 14.6 Å². The second kappa shape index (κ2) is 11.0. The molecular weight excluding hydrogens is 488 g/mol. The zero-order valence-corrected chi connectivity index (χ0v) is 22.0. The van der Waals surface area contributed by atoms with Crippen molar-refractivity contribution >= 4 is 28.9 Å². The Kier molecular flexibility index (Phi) is 7.49. The molecule has 0 bridgehead atoms. The lowest BCUT2D eigenvalue weighted by molar-refractivity contribution is -0.0919. The maximum atomic E-state index is 13.2. The van der Waals surface area contributed by atoms with Crippen molar-refractivity contribution in [2.75, 3.05) is 62.7 Å². The normalized spacial score (nSPS) is 17.0. The van der Waals surface area contributed by atoms with E-state index < -0.39 is 0 Å². The molecule has 9 heteroatoms. The highest BCUT2D eigenvalue weighted by molar-refractivity contribution is 6.30. The molecule has 5 rings (SSSR count). The van der Waals surface area contributed by atoms with E-state index in [0.717, 1.165) is 75.2 Å². The number of aryl methyl sites for hydroxylation is 1. The van der Waals surface area contributed by atoms with Gasteiger partial charge < -0.3 is 19.5 Å². The largest absolute Gasteiger partial charge is 0.379 e. The summed E-state index contributed by atoms with van der Waals surface area (Å²) in [7, 11) is 0. The van der Waals surface area contributed by atoms with Crippen molar-refractivity contribution in [3.8, 4) is 11.8 Å². The number of rotatable bonds is 5. The van der Waals surface area contributed by atoms with Crippen molar-refractivity contribution in [2.24, 2.45) is 0 Å². The molecule has 0 radical (unpaired) electrons. The van der Waals surface area contributed by atoms with Crippen LogP contribution in [0.4, 0.5) is 11.4 Å². The van der Waals surface area contributed by atoms with E-state index in [0.29, 0.717) is 21.8 Å². The first-order valence-corrected chi connectivity index (χ1v) is 13.0. The lowest BCUT2D eigenvalue weighted by Crippen LogP contribution is -2.56. The molecule has 2 fully saturated rings. The monoisotopic (exact) mass is 518 g/mol. The standard InChI is InChI=1S/C28H31ClN6O2/c1-20-17-26(21(2)35(20)25-6-3-23(29)4-7-25)28(36)31-24-5-8-27(22(18-24)19-30)32-9-11-33(12-10-32)34-13-15-37-16-14-34/h3-8,17-18H,9-16H2,1-2H3,(H,31,36). The Balaban J connectivity index is 1.28. The van der Waals surface area contributed by atoms with Crippen molar-refractivity contribution in [2.45, 2.75) is 13.8 Å². The second-order valence-electron chi connectivity index (χ2n) is 9.40. The molecule has 3 heterocycles. The Morgan fingerprint density at radius 1 is 0.946 bits per heavy atom. The minimum absolute atomic E-state index is 0.205. The van der Waals surface area contributed by atoms with Crippen LogP contribution < -0.4 is 10.2 Å². The Morgan fingerprint density at radius 2 is 1.62 bits per heavy atom. The van der Waals surface area contributed by atoms with E-state index in [1.807, 2.05) is 60.9 Å². The molecular formula is C28H31ClN6O2. The molecule has 0 spiro atoms. The van der Waals surface area contributed by atoms with Crippen LogP contribution in [0.25, 0.3) is 5.69 Å². The van der Waals surface area contributed by atoms with Gasteiger partial charge in [-0.2, -0.15) is 5.26 Å². The molecule has 0 atom stereocenters. The number of carbonyl (C=O) groups excluding carboxylic acids is 1. The number of aromatic nitrogens is 1. The average molecular weight is 519 g/mol. The minimum Gasteiger partial charge on any atom is -0.379 e. The molecule has 0 unspecified atom stereocenters. The number of nitrogens with one attached hydrogen (secondary N) is 1. The highest BCUT2D eigenvalue weighted by Crippen LogP contribution is 2.27. The van der Waals surface area contributed by atoms with Gasteiger partial charge in [-0.25, -0.2) is 10.0 Å². The maximum absolute atomic E-state index is 13.2. The van der Waals surface area contributed by atoms with Gasteiger partial charge in [-0.3, -0.25) is 4.79 Å². The number of ether oxygens (including phenoxy) is 1. The fraction of sp³-hybridized carbons (Fsp3) is 0.357. The van der Waals surface area contributed by atoms with E-state index in [1.165, 1.54) is 0 Å². The third-order valence-corrected chi connectivity index (χ3v) is 7.37. The number of morpholine rings is 1. The fourth-order valence-electron chi connectivity index (χ4n) is 5.21. The highest BCUT2D eigenvalue weighted by atomic mass is 35.5. The van der Waals surface area contributed by atoms with Crippen LogP contribution in [0.15, 0.2) is 48.5 Å². The summed E-state index contributed by atoms with van der Waals surface area (Å²) in [5.41, 5.74) is 5.40. The van der Waals surface area contributed by atoms with Crippen LogP contribution in [0.1, 0.15) is 27.3 Å². The Labute approximate surface area is 222 Å². The molecule has 2 aromatic carbocycles. The van der Waals surface area contributed by atoms with Crippen LogP contribution in [-0.4, -0.2) is 73.0 Å². The summed E-state index contributed by atoms with van der Waals surface area (Å²) >= 11 is 6.04. The summed E-state index contributed by atoms with van der Waals surface area (Å²) in [4.78, 5) is 15.5. The second-order valence-corrected chi connectivity index (χ2v) is 9.84. The zero-order chi connectivity index (χ0) is 25.9. The Bertz CT molecular complexity index is 1320. The molecule has 2 saturated heterocycles. The Hall–Kier alpha value is -3.35. The van der Waals surface area contributed by atoms with E-state index in [-0.39, 0.29) is 5.91 Å². The first-order valence-electron chi connectivity index (χ1n) is 12.6. The third kappa shape index (κ3) is 5.36. The third-order valence-electron chi connectivity index (χ3n) is 7.12. The SMILES string of the molecule is Cc1cc(C(=O)Nc2ccc(N3CCN(N4CCOCC4)CC3)c(C#N)c2)c(C)n1-c1ccc(Cl)cc1. The predicted octanol–water partition coefficient (Wildman–Crippen LogP) is 4.24. The van der Waals surface area contributed by atoms with Crippen molar-refractivity contribution < 1.29 is 9.53 Å². The van der Waals surface area contributed by atoms with E-state index in [9.17, 15) is 10.1 Å². The van der Waals surface area contributed by atoms with Crippen LogP contribution >= 0.6 is 11.6 Å². The number of benzene rings is 2. The van der Waals surface area contributed by atoms with E-state index >= 15 is 0 Å². The van der Waals surface area contributed by atoms with Crippen molar-refractivity contribution in [3.63, 3.8) is 0 Å². The molecule has 1 aromatic heterocycles. The minimum atomic E-state index is -0.205. The number of piperazine rings is 1. The number of halogens is 1. The number of hydrazine groups is 1. The lowest BCUT2D eigenvalue weighted by Gasteiger charge is -2.43. The molecule has 37 heavy (non-hydrogen) atoms. The quantitative estimate of drug-likeness (QED) is 0.544. The Morgan fingerprint density at radius 3 is 2.30 bits per heavy atom. The van der Waals surface area contributed by atoms with Gasteiger partial charge in [0.1, 0.15) is 6.07 Å². The first kappa shape index (κ1) is 25.3. The summed E-state index contributed by atoms with van der Waals surface area (Å²) < 4.78 is 7.50. The summed E-state index contributed by atoms with van der Waals surface area (Å²) in [5, 5.41) is 18.3. The van der Waals surface area contributed by atoms with Gasteiger partial charge >= 0.3 is 0 Å². The van der Waals surface area contributed by atoms with Gasteiger partial charge in [-0.05, 0) is 62.4 Å². The van der Waals surface area contributed by atoms with Crippen molar-refractivity contribution in [1.29, 1.82) is 5.26 Å². The zero-order valence-electron chi connectivity index (χ0n) is 21.2. The molecule has 0 aliphatic carbocycles. The predicted molar refractivity (Wildman–Crippen MR) is 146 cm³/mol. The van der Waals surface area contributed by atoms with Gasteiger partial charge in [0, 0.05) is 67.1 Å². The van der Waals surface area contributed by atoms with Crippen LogP contribution in [0.5, 0.6) is 0 Å². The van der Waals surface area contributed by atoms with Gasteiger partial charge in [0.2, 0.25) is 0 Å². The topological polar surface area (TPSA) is 76.8 Å². The lowest BCUT2D eigenvalue weighted by atomic mass is 10.1. The summed E-state index contributed by atoms with van der Waals surface area (Å²) in [5.74, 6) is -0.205. The van der Waals surface area contributed by atoms with Gasteiger partial charge in [0.25, 0.3) is 5.91 Å². The van der Waals surface area contributed by atoms with Gasteiger partial charge in [-0.15, -0.1) is 0 Å². The van der Waals surface area contributed by atoms with Crippen molar-refractivity contribution in [3.05, 3.63) is 76.1 Å². The van der Waals surface area contributed by atoms with Crippen LogP contribution in [0.3, 0.4) is 0 Å². The molecule has 3 aromatic rings. The fourth-order valence-corrected chi connectivity index (χ4v) is 5.34. The number of hydrogen-bond acceptors (Lipinski definition) is 6. The van der Waals surface area contributed by atoms with E-state index in [2.05, 4.69) is 26.3 Å². The van der Waals surface area contributed by atoms with E-state index in [1.54, 1.807) is 6.07 Å². The first-order chi connectivity index (χ1) is 17.9. The molecule has 1 amide bonds. The van der Waals surface area contributed by atoms with Crippen LogP contribution in [0, 0.1) is 25.2 Å². The molecule has 1 N–H and O–H groups in total. The van der Waals surface area contributed by atoms with Crippen LogP contribution in [0.2, 0.25) is 5.02 Å². The summed E-state index contributed by atoms with van der Waals surface area (Å²) in [6.45, 7) is 10.8. The molecule has 192 valence electrons. The number of amides is 1. The van der Waals surface area contributed by atoms with Gasteiger partial charge in [0.15, 0.2) is 0 Å². The maximum Gasteiger partial charge on any atom is 0.257 e. The molecule has 2 aliphatic heterocycles. The molecule has 0 saturated carbocycles. The highest BCUT2D eigenvalue weighted by Gasteiger charge is 2.25. The number of nitrogens with zero attached hydrogens (tertiary/aromatic N) is 5. The molecule has 8 nitrogen and oxygen atoms in total. The average Bonchev–Trinajstić information content (AvgIpc) is 3.23. The van der Waals surface area contributed by atoms with Gasteiger partial charge in [0.05, 0.1) is 30.0 Å². The molecule has 2 aliphatic rings. The summed E-state index contributed by atoms with van der Waals surface area (Å²) in [6.07, 6.45) is 0. The number of carbonyl (C=O) groups is 1. The smallest absolute Gasteiger partial charge is 0.257 e.